The Morgan fingerprint density at radius 1 is 1.11 bits per heavy atom. The molecular weight excluding hydrogens is 286 g/mol. The van der Waals surface area contributed by atoms with Crippen molar-refractivity contribution < 1.29 is 0 Å². The molecule has 0 heterocycles. The number of fused-ring (bicyclic) bond motifs is 1. The zero-order valence-corrected chi connectivity index (χ0v) is 12.2. The van der Waals surface area contributed by atoms with Gasteiger partial charge in [0.1, 0.15) is 0 Å². The van der Waals surface area contributed by atoms with Gasteiger partial charge in [-0.1, -0.05) is 40.5 Å². The Bertz CT molecular complexity index is 560. The van der Waals surface area contributed by atoms with Gasteiger partial charge in [0.25, 0.3) is 0 Å². The van der Waals surface area contributed by atoms with Crippen LogP contribution < -0.4 is 5.32 Å². The highest BCUT2D eigenvalue weighted by atomic mass is 79.9. The molecule has 0 amide bonds. The molecule has 1 nitrogen and oxygen atoms in total. The van der Waals surface area contributed by atoms with Crippen LogP contribution in [0.5, 0.6) is 0 Å². The fourth-order valence-electron chi connectivity index (χ4n) is 2.88. The molecular formula is C16H18BrN. The molecule has 2 aromatic rings. The van der Waals surface area contributed by atoms with E-state index in [0.717, 1.165) is 10.4 Å². The van der Waals surface area contributed by atoms with Gasteiger partial charge in [-0.2, -0.15) is 0 Å². The summed E-state index contributed by atoms with van der Waals surface area (Å²) in [6, 6.07) is 13.8. The summed E-state index contributed by atoms with van der Waals surface area (Å²) in [5, 5.41) is 6.12. The van der Waals surface area contributed by atoms with Crippen molar-refractivity contribution in [1.29, 1.82) is 0 Å². The second kappa shape index (κ2) is 5.02. The van der Waals surface area contributed by atoms with Gasteiger partial charge in [0.15, 0.2) is 0 Å². The van der Waals surface area contributed by atoms with E-state index in [-0.39, 0.29) is 0 Å². The molecule has 1 N–H and O–H groups in total. The Balaban J connectivity index is 1.98. The van der Waals surface area contributed by atoms with E-state index in [1.165, 1.54) is 35.6 Å². The highest BCUT2D eigenvalue weighted by molar-refractivity contribution is 9.10. The highest BCUT2D eigenvalue weighted by Crippen LogP contribution is 2.38. The van der Waals surface area contributed by atoms with E-state index >= 15 is 0 Å². The van der Waals surface area contributed by atoms with Crippen molar-refractivity contribution in [2.75, 3.05) is 7.05 Å². The maximum Gasteiger partial charge on any atom is 0.0346 e. The highest BCUT2D eigenvalue weighted by Gasteiger charge is 2.27. The van der Waals surface area contributed by atoms with Gasteiger partial charge in [-0.3, -0.25) is 0 Å². The number of rotatable bonds is 3. The molecule has 1 aliphatic rings. The van der Waals surface area contributed by atoms with Gasteiger partial charge < -0.3 is 5.32 Å². The summed E-state index contributed by atoms with van der Waals surface area (Å²) < 4.78 is 1.15. The molecule has 0 bridgehead atoms. The van der Waals surface area contributed by atoms with Crippen LogP contribution in [0.1, 0.15) is 30.9 Å². The zero-order valence-electron chi connectivity index (χ0n) is 10.6. The lowest BCUT2D eigenvalue weighted by molar-refractivity contribution is 0.239. The third kappa shape index (κ3) is 2.19. The Morgan fingerprint density at radius 3 is 2.50 bits per heavy atom. The standard InChI is InChI=1S/C16H18BrN/c1-18-16(11-3-2-4-11)14-6-5-13-10-15(17)8-7-12(13)9-14/h5-11,16,18H,2-4H2,1H3. The van der Waals surface area contributed by atoms with E-state index in [0.29, 0.717) is 6.04 Å². The van der Waals surface area contributed by atoms with Crippen LogP contribution in [-0.2, 0) is 0 Å². The molecule has 1 aliphatic carbocycles. The summed E-state index contributed by atoms with van der Waals surface area (Å²) in [6.07, 6.45) is 4.12. The van der Waals surface area contributed by atoms with Crippen LogP contribution in [0.25, 0.3) is 10.8 Å². The monoisotopic (exact) mass is 303 g/mol. The van der Waals surface area contributed by atoms with Crippen LogP contribution >= 0.6 is 15.9 Å². The second-order valence-electron chi connectivity index (χ2n) is 5.21. The lowest BCUT2D eigenvalue weighted by Crippen LogP contribution is -2.29. The normalized spacial score (nSPS) is 17.7. The SMILES string of the molecule is CNC(c1ccc2cc(Br)ccc2c1)C1CCC1. The number of halogens is 1. The van der Waals surface area contributed by atoms with Gasteiger partial charge in [-0.25, -0.2) is 0 Å². The molecule has 0 spiro atoms. The first-order valence-corrected chi connectivity index (χ1v) is 7.44. The van der Waals surface area contributed by atoms with E-state index in [9.17, 15) is 0 Å². The molecule has 2 aromatic carbocycles. The molecule has 0 saturated heterocycles. The first kappa shape index (κ1) is 12.2. The summed E-state index contributed by atoms with van der Waals surface area (Å²) in [4.78, 5) is 0. The number of hydrogen-bond donors (Lipinski definition) is 1. The predicted octanol–water partition coefficient (Wildman–Crippen LogP) is 4.66. The summed E-state index contributed by atoms with van der Waals surface area (Å²) in [7, 11) is 2.08. The van der Waals surface area contributed by atoms with Crippen LogP contribution in [0.4, 0.5) is 0 Å². The molecule has 1 unspecified atom stereocenters. The fourth-order valence-corrected chi connectivity index (χ4v) is 3.26. The Morgan fingerprint density at radius 2 is 1.83 bits per heavy atom. The molecule has 0 aromatic heterocycles. The van der Waals surface area contributed by atoms with Gasteiger partial charge in [0, 0.05) is 10.5 Å². The van der Waals surface area contributed by atoms with Crippen LogP contribution in [0, 0.1) is 5.92 Å². The maximum atomic E-state index is 3.52. The third-order valence-corrected chi connectivity index (χ3v) is 4.61. The molecule has 1 saturated carbocycles. The average molecular weight is 304 g/mol. The molecule has 1 atom stereocenters. The largest absolute Gasteiger partial charge is 0.313 e. The third-order valence-electron chi connectivity index (χ3n) is 4.12. The van der Waals surface area contributed by atoms with Crippen LogP contribution in [0.2, 0.25) is 0 Å². The molecule has 2 heteroatoms. The molecule has 3 rings (SSSR count). The van der Waals surface area contributed by atoms with Crippen LogP contribution in [0.15, 0.2) is 40.9 Å². The van der Waals surface area contributed by atoms with E-state index in [1.807, 2.05) is 0 Å². The minimum Gasteiger partial charge on any atom is -0.313 e. The predicted molar refractivity (Wildman–Crippen MR) is 80.8 cm³/mol. The smallest absolute Gasteiger partial charge is 0.0346 e. The van der Waals surface area contributed by atoms with Crippen molar-refractivity contribution in [3.05, 3.63) is 46.4 Å². The van der Waals surface area contributed by atoms with Gasteiger partial charge in [0.05, 0.1) is 0 Å². The van der Waals surface area contributed by atoms with Gasteiger partial charge in [-0.05, 0) is 60.3 Å². The first-order valence-electron chi connectivity index (χ1n) is 6.64. The summed E-state index contributed by atoms with van der Waals surface area (Å²) in [6.45, 7) is 0. The molecule has 1 fully saturated rings. The van der Waals surface area contributed by atoms with E-state index in [4.69, 9.17) is 0 Å². The lowest BCUT2D eigenvalue weighted by Gasteiger charge is -2.34. The number of benzene rings is 2. The van der Waals surface area contributed by atoms with Crippen molar-refractivity contribution in [3.63, 3.8) is 0 Å². The van der Waals surface area contributed by atoms with Crippen molar-refractivity contribution in [1.82, 2.24) is 5.32 Å². The van der Waals surface area contributed by atoms with Crippen molar-refractivity contribution in [2.24, 2.45) is 5.92 Å². The van der Waals surface area contributed by atoms with Crippen molar-refractivity contribution in [3.8, 4) is 0 Å². The lowest BCUT2D eigenvalue weighted by atomic mass is 9.77. The maximum absolute atomic E-state index is 3.52. The van der Waals surface area contributed by atoms with Crippen molar-refractivity contribution in [2.45, 2.75) is 25.3 Å². The summed E-state index contributed by atoms with van der Waals surface area (Å²) >= 11 is 3.52. The number of hydrogen-bond acceptors (Lipinski definition) is 1. The average Bonchev–Trinajstić information content (AvgIpc) is 2.33. The number of nitrogens with one attached hydrogen (secondary N) is 1. The molecule has 0 radical (unpaired) electrons. The minimum atomic E-state index is 0.520. The van der Waals surface area contributed by atoms with Crippen LogP contribution in [0.3, 0.4) is 0 Å². The Kier molecular flexibility index (Phi) is 3.40. The van der Waals surface area contributed by atoms with Gasteiger partial charge in [-0.15, -0.1) is 0 Å². The van der Waals surface area contributed by atoms with Gasteiger partial charge in [0.2, 0.25) is 0 Å². The molecule has 0 aliphatic heterocycles. The van der Waals surface area contributed by atoms with Crippen LogP contribution in [-0.4, -0.2) is 7.05 Å². The van der Waals surface area contributed by atoms with Gasteiger partial charge >= 0.3 is 0 Å². The quantitative estimate of drug-likeness (QED) is 0.869. The van der Waals surface area contributed by atoms with E-state index in [1.54, 1.807) is 0 Å². The fraction of sp³-hybridized carbons (Fsp3) is 0.375. The first-order chi connectivity index (χ1) is 8.78. The second-order valence-corrected chi connectivity index (χ2v) is 6.12. The Labute approximate surface area is 117 Å². The zero-order chi connectivity index (χ0) is 12.5. The minimum absolute atomic E-state index is 0.520. The van der Waals surface area contributed by atoms with E-state index < -0.39 is 0 Å². The van der Waals surface area contributed by atoms with Crippen molar-refractivity contribution >= 4 is 26.7 Å². The molecule has 94 valence electrons. The molecule has 18 heavy (non-hydrogen) atoms. The summed E-state index contributed by atoms with van der Waals surface area (Å²) in [5.41, 5.74) is 1.43. The Hall–Kier alpha value is -0.860. The topological polar surface area (TPSA) is 12.0 Å². The summed E-state index contributed by atoms with van der Waals surface area (Å²) in [5.74, 6) is 0.822. The van der Waals surface area contributed by atoms with E-state index in [2.05, 4.69) is 64.7 Å².